The summed E-state index contributed by atoms with van der Waals surface area (Å²) in [5.74, 6) is 0.632. The molecule has 1 unspecified atom stereocenters. The topological polar surface area (TPSA) is 37.2 Å². The monoisotopic (exact) mass is 325 g/mol. The molecule has 128 valence electrons. The summed E-state index contributed by atoms with van der Waals surface area (Å²) in [6, 6.07) is 8.35. The predicted octanol–water partition coefficient (Wildman–Crippen LogP) is 2.40. The van der Waals surface area contributed by atoms with E-state index in [1.807, 2.05) is 18.5 Å². The van der Waals surface area contributed by atoms with Gasteiger partial charge in [-0.3, -0.25) is 14.6 Å². The van der Waals surface area contributed by atoms with Crippen molar-refractivity contribution in [1.29, 1.82) is 0 Å². The van der Waals surface area contributed by atoms with Crippen LogP contribution in [0.4, 0.5) is 0 Å². The van der Waals surface area contributed by atoms with Crippen LogP contribution in [0.5, 0.6) is 0 Å². The van der Waals surface area contributed by atoms with Gasteiger partial charge in [0.25, 0.3) is 0 Å². The molecule has 2 aliphatic heterocycles. The molecule has 0 radical (unpaired) electrons. The van der Waals surface area contributed by atoms with Crippen molar-refractivity contribution in [2.45, 2.75) is 38.9 Å². The number of aromatic nitrogens is 3. The van der Waals surface area contributed by atoms with E-state index in [9.17, 15) is 0 Å². The Bertz CT molecular complexity index is 632. The fraction of sp³-hybridized carbons (Fsp3) is 0.579. The molecule has 24 heavy (non-hydrogen) atoms. The average molecular weight is 325 g/mol. The Hall–Kier alpha value is -1.72. The summed E-state index contributed by atoms with van der Waals surface area (Å²) in [6.45, 7) is 7.77. The van der Waals surface area contributed by atoms with Crippen molar-refractivity contribution in [2.24, 2.45) is 5.92 Å². The van der Waals surface area contributed by atoms with Gasteiger partial charge in [0.2, 0.25) is 0 Å². The number of hydrogen-bond acceptors (Lipinski definition) is 4. The van der Waals surface area contributed by atoms with Crippen LogP contribution in [-0.4, -0.2) is 50.7 Å². The standard InChI is InChI=1S/C19H27N5/c1-4-10-22(11-5-1)12-17-13-23(15-18-6-2-3-8-20-18)16-19-7-9-21-24(19)14-17/h2-3,6-9,17H,1,4-5,10-16H2. The van der Waals surface area contributed by atoms with E-state index in [0.29, 0.717) is 5.92 Å². The van der Waals surface area contributed by atoms with Gasteiger partial charge in [-0.15, -0.1) is 0 Å². The zero-order valence-electron chi connectivity index (χ0n) is 14.3. The van der Waals surface area contributed by atoms with Crippen LogP contribution in [0, 0.1) is 5.92 Å². The molecule has 0 amide bonds. The van der Waals surface area contributed by atoms with Gasteiger partial charge in [-0.05, 0) is 44.1 Å². The molecule has 0 spiro atoms. The number of hydrogen-bond donors (Lipinski definition) is 0. The lowest BCUT2D eigenvalue weighted by atomic mass is 10.1. The molecule has 2 aromatic heterocycles. The molecule has 0 aliphatic carbocycles. The molecule has 5 heteroatoms. The highest BCUT2D eigenvalue weighted by molar-refractivity contribution is 5.06. The first-order chi connectivity index (χ1) is 11.9. The highest BCUT2D eigenvalue weighted by Gasteiger charge is 2.25. The molecular weight excluding hydrogens is 298 g/mol. The quantitative estimate of drug-likeness (QED) is 0.865. The molecule has 5 nitrogen and oxygen atoms in total. The Morgan fingerprint density at radius 3 is 2.71 bits per heavy atom. The van der Waals surface area contributed by atoms with Crippen molar-refractivity contribution in [2.75, 3.05) is 26.2 Å². The molecule has 1 atom stereocenters. The van der Waals surface area contributed by atoms with Crippen LogP contribution in [-0.2, 0) is 19.6 Å². The Morgan fingerprint density at radius 2 is 1.88 bits per heavy atom. The number of piperidine rings is 1. The van der Waals surface area contributed by atoms with Crippen LogP contribution in [0.15, 0.2) is 36.7 Å². The zero-order valence-corrected chi connectivity index (χ0v) is 14.3. The lowest BCUT2D eigenvalue weighted by Crippen LogP contribution is -2.39. The summed E-state index contributed by atoms with van der Waals surface area (Å²) < 4.78 is 2.22. The smallest absolute Gasteiger partial charge is 0.0544 e. The molecule has 1 saturated heterocycles. The lowest BCUT2D eigenvalue weighted by Gasteiger charge is -2.31. The van der Waals surface area contributed by atoms with E-state index in [1.165, 1.54) is 44.6 Å². The van der Waals surface area contributed by atoms with Crippen molar-refractivity contribution in [3.05, 3.63) is 48.0 Å². The van der Waals surface area contributed by atoms with Crippen molar-refractivity contribution < 1.29 is 0 Å². The molecule has 0 saturated carbocycles. The van der Waals surface area contributed by atoms with E-state index < -0.39 is 0 Å². The van der Waals surface area contributed by atoms with Crippen LogP contribution >= 0.6 is 0 Å². The second-order valence-electron chi connectivity index (χ2n) is 7.22. The lowest BCUT2D eigenvalue weighted by molar-refractivity contribution is 0.149. The van der Waals surface area contributed by atoms with Crippen molar-refractivity contribution in [3.63, 3.8) is 0 Å². The molecule has 4 heterocycles. The minimum absolute atomic E-state index is 0.632. The Morgan fingerprint density at radius 1 is 0.958 bits per heavy atom. The molecule has 2 aliphatic rings. The molecule has 0 N–H and O–H groups in total. The van der Waals surface area contributed by atoms with Crippen LogP contribution in [0.1, 0.15) is 30.7 Å². The SMILES string of the molecule is c1ccc(CN2Cc3ccnn3CC(CN3CCCCC3)C2)nc1. The van der Waals surface area contributed by atoms with Gasteiger partial charge in [-0.2, -0.15) is 5.10 Å². The van der Waals surface area contributed by atoms with E-state index in [-0.39, 0.29) is 0 Å². The van der Waals surface area contributed by atoms with Gasteiger partial charge in [-0.25, -0.2) is 0 Å². The summed E-state index contributed by atoms with van der Waals surface area (Å²) in [5, 5.41) is 4.56. The maximum absolute atomic E-state index is 4.56. The molecule has 0 aromatic carbocycles. The third-order valence-electron chi connectivity index (χ3n) is 5.21. The largest absolute Gasteiger partial charge is 0.303 e. The molecule has 4 rings (SSSR count). The van der Waals surface area contributed by atoms with Gasteiger partial charge in [-0.1, -0.05) is 12.5 Å². The fourth-order valence-electron chi connectivity index (χ4n) is 4.08. The number of fused-ring (bicyclic) bond motifs is 1. The third-order valence-corrected chi connectivity index (χ3v) is 5.21. The average Bonchev–Trinajstić information content (AvgIpc) is 2.96. The van der Waals surface area contributed by atoms with Gasteiger partial charge in [0.05, 0.1) is 11.4 Å². The Kier molecular flexibility index (Phi) is 4.90. The van der Waals surface area contributed by atoms with Gasteiger partial charge >= 0.3 is 0 Å². The third kappa shape index (κ3) is 3.84. The van der Waals surface area contributed by atoms with Crippen molar-refractivity contribution in [1.82, 2.24) is 24.6 Å². The number of nitrogens with zero attached hydrogens (tertiary/aromatic N) is 5. The van der Waals surface area contributed by atoms with Gasteiger partial charge in [0, 0.05) is 51.0 Å². The van der Waals surface area contributed by atoms with Gasteiger partial charge < -0.3 is 4.90 Å². The van der Waals surface area contributed by atoms with E-state index in [4.69, 9.17) is 0 Å². The first-order valence-electron chi connectivity index (χ1n) is 9.22. The normalized spacial score (nSPS) is 22.9. The van der Waals surface area contributed by atoms with E-state index in [1.54, 1.807) is 0 Å². The summed E-state index contributed by atoms with van der Waals surface area (Å²) in [7, 11) is 0. The second kappa shape index (κ2) is 7.45. The van der Waals surface area contributed by atoms with Crippen LogP contribution < -0.4 is 0 Å². The van der Waals surface area contributed by atoms with Crippen molar-refractivity contribution >= 4 is 0 Å². The van der Waals surface area contributed by atoms with Crippen LogP contribution in [0.2, 0.25) is 0 Å². The van der Waals surface area contributed by atoms with Crippen molar-refractivity contribution in [3.8, 4) is 0 Å². The summed E-state index contributed by atoms with van der Waals surface area (Å²) in [5.41, 5.74) is 2.48. The second-order valence-corrected chi connectivity index (χ2v) is 7.22. The van der Waals surface area contributed by atoms with Gasteiger partial charge in [0.15, 0.2) is 0 Å². The maximum Gasteiger partial charge on any atom is 0.0544 e. The van der Waals surface area contributed by atoms with E-state index in [2.05, 4.69) is 42.8 Å². The summed E-state index contributed by atoms with van der Waals surface area (Å²) in [4.78, 5) is 9.71. The molecule has 2 aromatic rings. The Labute approximate surface area is 144 Å². The molecule has 1 fully saturated rings. The van der Waals surface area contributed by atoms with E-state index in [0.717, 1.165) is 31.9 Å². The van der Waals surface area contributed by atoms with Crippen LogP contribution in [0.3, 0.4) is 0 Å². The first kappa shape index (κ1) is 15.8. The summed E-state index contributed by atoms with van der Waals surface area (Å²) >= 11 is 0. The first-order valence-corrected chi connectivity index (χ1v) is 9.22. The minimum atomic E-state index is 0.632. The number of rotatable bonds is 4. The number of pyridine rings is 1. The van der Waals surface area contributed by atoms with Gasteiger partial charge in [0.1, 0.15) is 0 Å². The zero-order chi connectivity index (χ0) is 16.2. The highest BCUT2D eigenvalue weighted by Crippen LogP contribution is 2.20. The summed E-state index contributed by atoms with van der Waals surface area (Å²) in [6.07, 6.45) is 7.95. The van der Waals surface area contributed by atoms with E-state index >= 15 is 0 Å². The molecule has 0 bridgehead atoms. The van der Waals surface area contributed by atoms with Crippen LogP contribution in [0.25, 0.3) is 0 Å². The maximum atomic E-state index is 4.56. The highest BCUT2D eigenvalue weighted by atomic mass is 15.3. The predicted molar refractivity (Wildman–Crippen MR) is 94.4 cm³/mol. The molecular formula is C19H27N5. The Balaban J connectivity index is 1.47. The number of likely N-dealkylation sites (tertiary alicyclic amines) is 1. The minimum Gasteiger partial charge on any atom is -0.303 e. The fourth-order valence-corrected chi connectivity index (χ4v) is 4.08.